The molecule has 0 unspecified atom stereocenters. The van der Waals surface area contributed by atoms with E-state index >= 15 is 0 Å². The zero-order valence-electron chi connectivity index (χ0n) is 14.9. The van der Waals surface area contributed by atoms with E-state index in [1.165, 1.54) is 14.2 Å². The van der Waals surface area contributed by atoms with Crippen molar-refractivity contribution < 1.29 is 28.5 Å². The van der Waals surface area contributed by atoms with Crippen LogP contribution in [0.3, 0.4) is 0 Å². The summed E-state index contributed by atoms with van der Waals surface area (Å²) in [6.07, 6.45) is 2.72. The maximum atomic E-state index is 11.3. The summed E-state index contributed by atoms with van der Waals surface area (Å²) in [4.78, 5) is 22.6. The summed E-state index contributed by atoms with van der Waals surface area (Å²) in [7, 11) is 3.04. The molecule has 0 saturated heterocycles. The van der Waals surface area contributed by atoms with Gasteiger partial charge in [-0.3, -0.25) is 9.59 Å². The summed E-state index contributed by atoms with van der Waals surface area (Å²) in [5, 5.41) is 0. The first kappa shape index (κ1) is 19.6. The lowest BCUT2D eigenvalue weighted by molar-refractivity contribution is 0.0491. The summed E-state index contributed by atoms with van der Waals surface area (Å²) in [5.74, 6) is 1.02. The van der Waals surface area contributed by atoms with E-state index < -0.39 is 0 Å². The molecule has 2 rings (SSSR count). The Balaban J connectivity index is 2.26. The van der Waals surface area contributed by atoms with Gasteiger partial charge in [-0.1, -0.05) is 24.3 Å². The minimum Gasteiger partial charge on any atom is -0.467 e. The summed E-state index contributed by atoms with van der Waals surface area (Å²) in [5.41, 5.74) is 2.69. The number of para-hydroxylation sites is 2. The number of carbonyl (C=O) groups excluding carboxylic acids is 2. The molecule has 0 N–H and O–H groups in total. The molecule has 0 bridgehead atoms. The molecule has 0 aliphatic heterocycles. The fourth-order valence-electron chi connectivity index (χ4n) is 2.65. The molecule has 0 aliphatic carbocycles. The molecule has 0 fully saturated rings. The van der Waals surface area contributed by atoms with Crippen LogP contribution in [0.1, 0.15) is 31.8 Å². The number of hydrogen-bond acceptors (Lipinski definition) is 6. The van der Waals surface area contributed by atoms with E-state index in [4.69, 9.17) is 18.9 Å². The molecule has 2 aromatic rings. The van der Waals surface area contributed by atoms with Crippen molar-refractivity contribution in [3.05, 3.63) is 58.7 Å². The second kappa shape index (κ2) is 10.3. The summed E-state index contributed by atoms with van der Waals surface area (Å²) >= 11 is 0. The standard InChI is InChI=1S/C20H22O6/c1-23-13-25-19-15(5-3-7-17(19)11-21)9-10-16-6-4-8-18(12-22)20(16)26-14-24-2/h3-8,11-12H,9-10,13-14H2,1-2H3. The number of hydrogen-bond donors (Lipinski definition) is 0. The molecule has 2 aromatic carbocycles. The van der Waals surface area contributed by atoms with Gasteiger partial charge in [0.15, 0.2) is 26.2 Å². The fraction of sp³-hybridized carbons (Fsp3) is 0.300. The van der Waals surface area contributed by atoms with Gasteiger partial charge in [-0.05, 0) is 36.1 Å². The van der Waals surface area contributed by atoms with Crippen LogP contribution in [0.15, 0.2) is 36.4 Å². The maximum Gasteiger partial charge on any atom is 0.188 e. The van der Waals surface area contributed by atoms with Crippen LogP contribution < -0.4 is 9.47 Å². The normalized spacial score (nSPS) is 10.4. The van der Waals surface area contributed by atoms with E-state index in [0.29, 0.717) is 35.5 Å². The summed E-state index contributed by atoms with van der Waals surface area (Å²) in [6.45, 7) is 0.112. The first-order valence-corrected chi connectivity index (χ1v) is 8.12. The van der Waals surface area contributed by atoms with Crippen LogP contribution in [0, 0.1) is 0 Å². The van der Waals surface area contributed by atoms with E-state index in [2.05, 4.69) is 0 Å². The van der Waals surface area contributed by atoms with Crippen molar-refractivity contribution in [1.29, 1.82) is 0 Å². The van der Waals surface area contributed by atoms with Gasteiger partial charge >= 0.3 is 0 Å². The Morgan fingerprint density at radius 2 is 1.15 bits per heavy atom. The van der Waals surface area contributed by atoms with Crippen molar-refractivity contribution in [3.63, 3.8) is 0 Å². The number of carbonyl (C=O) groups is 2. The van der Waals surface area contributed by atoms with Gasteiger partial charge in [0.1, 0.15) is 11.5 Å². The Morgan fingerprint density at radius 3 is 1.50 bits per heavy atom. The van der Waals surface area contributed by atoms with Gasteiger partial charge in [0.2, 0.25) is 0 Å². The second-order valence-electron chi connectivity index (χ2n) is 5.51. The van der Waals surface area contributed by atoms with E-state index in [9.17, 15) is 9.59 Å². The highest BCUT2D eigenvalue weighted by molar-refractivity contribution is 5.81. The first-order valence-electron chi connectivity index (χ1n) is 8.12. The average molecular weight is 358 g/mol. The number of benzene rings is 2. The van der Waals surface area contributed by atoms with Gasteiger partial charge in [0.05, 0.1) is 11.1 Å². The monoisotopic (exact) mass is 358 g/mol. The molecule has 0 amide bonds. The topological polar surface area (TPSA) is 71.1 Å². The third kappa shape index (κ3) is 4.91. The van der Waals surface area contributed by atoms with Crippen LogP contribution in [0.25, 0.3) is 0 Å². The Bertz CT molecular complexity index is 678. The molecule has 6 nitrogen and oxygen atoms in total. The van der Waals surface area contributed by atoms with Crippen LogP contribution in [0.2, 0.25) is 0 Å². The third-order valence-electron chi connectivity index (χ3n) is 3.81. The van der Waals surface area contributed by atoms with Gasteiger partial charge in [-0.25, -0.2) is 0 Å². The van der Waals surface area contributed by atoms with Gasteiger partial charge in [0.25, 0.3) is 0 Å². The molecule has 26 heavy (non-hydrogen) atoms. The predicted molar refractivity (Wildman–Crippen MR) is 96.1 cm³/mol. The highest BCUT2D eigenvalue weighted by Gasteiger charge is 2.13. The van der Waals surface area contributed by atoms with Gasteiger partial charge in [-0.15, -0.1) is 0 Å². The number of methoxy groups -OCH3 is 2. The minimum absolute atomic E-state index is 0.0562. The van der Waals surface area contributed by atoms with E-state index in [0.717, 1.165) is 23.7 Å². The average Bonchev–Trinajstić information content (AvgIpc) is 2.69. The van der Waals surface area contributed by atoms with Crippen molar-refractivity contribution >= 4 is 12.6 Å². The molecule has 6 heteroatoms. The number of rotatable bonds is 11. The molecule has 0 aromatic heterocycles. The van der Waals surface area contributed by atoms with Crippen LogP contribution in [-0.2, 0) is 22.3 Å². The highest BCUT2D eigenvalue weighted by Crippen LogP contribution is 2.28. The highest BCUT2D eigenvalue weighted by atomic mass is 16.7. The Morgan fingerprint density at radius 1 is 0.731 bits per heavy atom. The lowest BCUT2D eigenvalue weighted by Crippen LogP contribution is -2.07. The summed E-state index contributed by atoms with van der Waals surface area (Å²) < 4.78 is 21.0. The third-order valence-corrected chi connectivity index (χ3v) is 3.81. The maximum absolute atomic E-state index is 11.3. The zero-order chi connectivity index (χ0) is 18.8. The smallest absolute Gasteiger partial charge is 0.188 e. The Hall–Kier alpha value is -2.70. The molecule has 0 atom stereocenters. The van der Waals surface area contributed by atoms with Crippen LogP contribution >= 0.6 is 0 Å². The van der Waals surface area contributed by atoms with Crippen molar-refractivity contribution in [2.45, 2.75) is 12.8 Å². The molecule has 0 radical (unpaired) electrons. The number of aldehydes is 2. The van der Waals surface area contributed by atoms with E-state index in [1.54, 1.807) is 12.1 Å². The summed E-state index contributed by atoms with van der Waals surface area (Å²) in [6, 6.07) is 10.8. The predicted octanol–water partition coefficient (Wildman–Crippen LogP) is 3.06. The van der Waals surface area contributed by atoms with E-state index in [-0.39, 0.29) is 13.6 Å². The van der Waals surface area contributed by atoms with Crippen LogP contribution in [0.4, 0.5) is 0 Å². The first-order chi connectivity index (χ1) is 12.7. The van der Waals surface area contributed by atoms with Crippen LogP contribution in [-0.4, -0.2) is 40.4 Å². The Kier molecular flexibility index (Phi) is 7.79. The SMILES string of the molecule is COCOc1c(C=O)cccc1CCc1cccc(C=O)c1OCOC. The van der Waals surface area contributed by atoms with Crippen molar-refractivity contribution in [1.82, 2.24) is 0 Å². The van der Waals surface area contributed by atoms with Crippen molar-refractivity contribution in [3.8, 4) is 11.5 Å². The van der Waals surface area contributed by atoms with Crippen molar-refractivity contribution in [2.75, 3.05) is 27.8 Å². The molecule has 0 spiro atoms. The molecule has 138 valence electrons. The van der Waals surface area contributed by atoms with Gasteiger partial charge in [0, 0.05) is 14.2 Å². The van der Waals surface area contributed by atoms with Crippen LogP contribution in [0.5, 0.6) is 11.5 Å². The number of aryl methyl sites for hydroxylation is 2. The van der Waals surface area contributed by atoms with Gasteiger partial charge < -0.3 is 18.9 Å². The molecule has 0 aliphatic rings. The molecule has 0 heterocycles. The Labute approximate surface area is 152 Å². The van der Waals surface area contributed by atoms with Gasteiger partial charge in [-0.2, -0.15) is 0 Å². The molecular weight excluding hydrogens is 336 g/mol. The largest absolute Gasteiger partial charge is 0.467 e. The molecule has 0 saturated carbocycles. The second-order valence-corrected chi connectivity index (χ2v) is 5.51. The minimum atomic E-state index is 0.0562. The lowest BCUT2D eigenvalue weighted by atomic mass is 9.99. The van der Waals surface area contributed by atoms with E-state index in [1.807, 2.05) is 24.3 Å². The quantitative estimate of drug-likeness (QED) is 0.454. The number of ether oxygens (including phenoxy) is 4. The zero-order valence-corrected chi connectivity index (χ0v) is 14.9. The fourth-order valence-corrected chi connectivity index (χ4v) is 2.65. The molecular formula is C20H22O6. The lowest BCUT2D eigenvalue weighted by Gasteiger charge is -2.15. The van der Waals surface area contributed by atoms with Crippen molar-refractivity contribution in [2.24, 2.45) is 0 Å².